The van der Waals surface area contributed by atoms with Crippen LogP contribution in [0.5, 0.6) is 0 Å². The van der Waals surface area contributed by atoms with E-state index in [1.54, 1.807) is 5.38 Å². The third-order valence-electron chi connectivity index (χ3n) is 3.22. The highest BCUT2D eigenvalue weighted by Gasteiger charge is 2.13. The molecule has 0 unspecified atom stereocenters. The molecule has 1 heterocycles. The third kappa shape index (κ3) is 2.03. The second-order valence-corrected chi connectivity index (χ2v) is 5.19. The first-order valence-corrected chi connectivity index (χ1v) is 6.41. The third-order valence-corrected chi connectivity index (χ3v) is 4.10. The summed E-state index contributed by atoms with van der Waals surface area (Å²) in [6.07, 6.45) is 0.799. The maximum Gasteiger partial charge on any atom is 0.169 e. The Balaban J connectivity index is 2.69. The largest absolute Gasteiger partial charge is 0.296 e. The highest BCUT2D eigenvalue weighted by Crippen LogP contribution is 2.33. The summed E-state index contributed by atoms with van der Waals surface area (Å²) in [5, 5.41) is 2.74. The average molecular weight is 245 g/mol. The maximum atomic E-state index is 10.7. The predicted molar refractivity (Wildman–Crippen MR) is 71.9 cm³/mol. The maximum absolute atomic E-state index is 10.7. The van der Waals surface area contributed by atoms with Gasteiger partial charge in [0.25, 0.3) is 0 Å². The molecule has 0 saturated heterocycles. The number of carbonyl (C=O) groups excluding carboxylic acids is 1. The molecule has 3 heteroatoms. The molecule has 17 heavy (non-hydrogen) atoms. The van der Waals surface area contributed by atoms with Crippen molar-refractivity contribution in [3.05, 3.63) is 39.4 Å². The summed E-state index contributed by atoms with van der Waals surface area (Å²) in [5.74, 6) is 0. The molecule has 2 rings (SSSR count). The summed E-state index contributed by atoms with van der Waals surface area (Å²) in [4.78, 5) is 15.1. The fourth-order valence-electron chi connectivity index (χ4n) is 1.99. The number of nitrogens with zero attached hydrogens (tertiary/aromatic N) is 1. The van der Waals surface area contributed by atoms with Gasteiger partial charge in [-0.05, 0) is 49.9 Å². The molecule has 0 fully saturated rings. The van der Waals surface area contributed by atoms with Crippen molar-refractivity contribution in [1.82, 2.24) is 4.98 Å². The molecule has 2 aromatic rings. The number of aldehydes is 1. The van der Waals surface area contributed by atoms with E-state index in [0.29, 0.717) is 5.69 Å². The first-order valence-electron chi connectivity index (χ1n) is 5.53. The number of aryl methyl sites for hydroxylation is 2. The number of thiazole rings is 1. The molecular formula is C14H15NOS. The molecule has 0 aliphatic carbocycles. The first kappa shape index (κ1) is 12.0. The van der Waals surface area contributed by atoms with E-state index >= 15 is 0 Å². The Hall–Kier alpha value is -1.48. The van der Waals surface area contributed by atoms with Gasteiger partial charge in [0.2, 0.25) is 0 Å². The molecule has 0 saturated carbocycles. The zero-order chi connectivity index (χ0) is 12.6. The van der Waals surface area contributed by atoms with Crippen LogP contribution in [0.2, 0.25) is 0 Å². The van der Waals surface area contributed by atoms with E-state index in [1.807, 2.05) is 0 Å². The van der Waals surface area contributed by atoms with Gasteiger partial charge in [0.1, 0.15) is 10.7 Å². The topological polar surface area (TPSA) is 30.0 Å². The smallest absolute Gasteiger partial charge is 0.169 e. The van der Waals surface area contributed by atoms with Crippen molar-refractivity contribution in [3.63, 3.8) is 0 Å². The second-order valence-electron chi connectivity index (χ2n) is 4.33. The van der Waals surface area contributed by atoms with Gasteiger partial charge in [-0.1, -0.05) is 6.07 Å². The van der Waals surface area contributed by atoms with E-state index in [9.17, 15) is 4.79 Å². The Kier molecular flexibility index (Phi) is 3.11. The molecule has 0 N–H and O–H groups in total. The Labute approximate surface area is 105 Å². The van der Waals surface area contributed by atoms with Crippen molar-refractivity contribution in [3.8, 4) is 10.6 Å². The summed E-state index contributed by atoms with van der Waals surface area (Å²) in [5.41, 5.74) is 6.74. The number of hydrogen-bond acceptors (Lipinski definition) is 3. The van der Waals surface area contributed by atoms with Crippen molar-refractivity contribution in [1.29, 1.82) is 0 Å². The zero-order valence-corrected chi connectivity index (χ0v) is 11.3. The van der Waals surface area contributed by atoms with Gasteiger partial charge in [-0.3, -0.25) is 4.79 Å². The van der Waals surface area contributed by atoms with E-state index in [0.717, 1.165) is 11.3 Å². The summed E-state index contributed by atoms with van der Waals surface area (Å²) < 4.78 is 0. The van der Waals surface area contributed by atoms with Crippen LogP contribution in [-0.4, -0.2) is 11.3 Å². The lowest BCUT2D eigenvalue weighted by Crippen LogP contribution is -1.95. The highest BCUT2D eigenvalue weighted by molar-refractivity contribution is 7.13. The Bertz CT molecular complexity index is 558. The predicted octanol–water partition coefficient (Wildman–Crippen LogP) is 3.86. The van der Waals surface area contributed by atoms with Crippen molar-refractivity contribution < 1.29 is 4.79 Å². The summed E-state index contributed by atoms with van der Waals surface area (Å²) in [6, 6.07) is 2.20. The minimum absolute atomic E-state index is 0.517. The lowest BCUT2D eigenvalue weighted by molar-refractivity contribution is 0.111. The van der Waals surface area contributed by atoms with Crippen molar-refractivity contribution in [2.45, 2.75) is 27.7 Å². The van der Waals surface area contributed by atoms with Crippen LogP contribution >= 0.6 is 11.3 Å². The molecule has 0 aliphatic heterocycles. The first-order chi connectivity index (χ1) is 8.04. The van der Waals surface area contributed by atoms with Gasteiger partial charge in [0, 0.05) is 10.9 Å². The lowest BCUT2D eigenvalue weighted by Gasteiger charge is -2.13. The number of benzene rings is 1. The molecule has 1 aromatic heterocycles. The quantitative estimate of drug-likeness (QED) is 0.752. The normalized spacial score (nSPS) is 10.6. The van der Waals surface area contributed by atoms with E-state index < -0.39 is 0 Å². The van der Waals surface area contributed by atoms with E-state index in [4.69, 9.17) is 0 Å². The lowest BCUT2D eigenvalue weighted by atomic mass is 9.95. The number of aromatic nitrogens is 1. The highest BCUT2D eigenvalue weighted by atomic mass is 32.1. The molecule has 0 bridgehead atoms. The van der Waals surface area contributed by atoms with E-state index in [1.165, 1.54) is 39.2 Å². The standard InChI is InChI=1S/C14H15NOS/c1-8-5-9(2)11(4)13(10(8)3)14-15-12(6-16)7-17-14/h5-7H,1-4H3. The molecular weight excluding hydrogens is 230 g/mol. The number of carbonyl (C=O) groups is 1. The molecule has 0 spiro atoms. The Morgan fingerprint density at radius 1 is 1.12 bits per heavy atom. The number of rotatable bonds is 2. The van der Waals surface area contributed by atoms with Gasteiger partial charge in [-0.25, -0.2) is 4.98 Å². The van der Waals surface area contributed by atoms with Crippen LogP contribution in [0.3, 0.4) is 0 Å². The van der Waals surface area contributed by atoms with Gasteiger partial charge in [-0.15, -0.1) is 11.3 Å². The number of hydrogen-bond donors (Lipinski definition) is 0. The second kappa shape index (κ2) is 4.41. The van der Waals surface area contributed by atoms with E-state index in [-0.39, 0.29) is 0 Å². The van der Waals surface area contributed by atoms with Gasteiger partial charge >= 0.3 is 0 Å². The van der Waals surface area contributed by atoms with Gasteiger partial charge in [-0.2, -0.15) is 0 Å². The minimum Gasteiger partial charge on any atom is -0.296 e. The van der Waals surface area contributed by atoms with Crippen LogP contribution in [0, 0.1) is 27.7 Å². The molecule has 88 valence electrons. The van der Waals surface area contributed by atoms with Gasteiger partial charge in [0.05, 0.1) is 0 Å². The van der Waals surface area contributed by atoms with Crippen LogP contribution in [-0.2, 0) is 0 Å². The monoisotopic (exact) mass is 245 g/mol. The summed E-state index contributed by atoms with van der Waals surface area (Å²) in [6.45, 7) is 8.44. The SMILES string of the molecule is Cc1cc(C)c(C)c(-c2nc(C=O)cs2)c1C. The van der Waals surface area contributed by atoms with Crippen LogP contribution in [0.4, 0.5) is 0 Å². The Morgan fingerprint density at radius 2 is 1.71 bits per heavy atom. The molecule has 1 aromatic carbocycles. The fourth-order valence-corrected chi connectivity index (χ4v) is 2.92. The van der Waals surface area contributed by atoms with Gasteiger partial charge in [0.15, 0.2) is 6.29 Å². The van der Waals surface area contributed by atoms with Crippen molar-refractivity contribution in [2.75, 3.05) is 0 Å². The summed E-state index contributed by atoms with van der Waals surface area (Å²) in [7, 11) is 0. The van der Waals surface area contributed by atoms with Crippen LogP contribution in [0.1, 0.15) is 32.7 Å². The molecule has 0 atom stereocenters. The molecule has 0 radical (unpaired) electrons. The van der Waals surface area contributed by atoms with Crippen LogP contribution in [0.15, 0.2) is 11.4 Å². The molecule has 0 amide bonds. The minimum atomic E-state index is 0.517. The molecule has 2 nitrogen and oxygen atoms in total. The van der Waals surface area contributed by atoms with Gasteiger partial charge < -0.3 is 0 Å². The van der Waals surface area contributed by atoms with Crippen LogP contribution in [0.25, 0.3) is 10.6 Å². The zero-order valence-electron chi connectivity index (χ0n) is 10.5. The summed E-state index contributed by atoms with van der Waals surface area (Å²) >= 11 is 1.53. The van der Waals surface area contributed by atoms with Crippen LogP contribution < -0.4 is 0 Å². The fraction of sp³-hybridized carbons (Fsp3) is 0.286. The average Bonchev–Trinajstić information content (AvgIpc) is 2.75. The van der Waals surface area contributed by atoms with Crippen molar-refractivity contribution in [2.24, 2.45) is 0 Å². The Morgan fingerprint density at radius 3 is 2.18 bits per heavy atom. The van der Waals surface area contributed by atoms with E-state index in [2.05, 4.69) is 38.7 Å². The molecule has 0 aliphatic rings. The van der Waals surface area contributed by atoms with Crippen molar-refractivity contribution >= 4 is 17.6 Å².